The van der Waals surface area contributed by atoms with Gasteiger partial charge < -0.3 is 5.32 Å². The number of amides is 1. The van der Waals surface area contributed by atoms with Crippen LogP contribution in [-0.4, -0.2) is 20.3 Å². The molecule has 0 fully saturated rings. The number of anilines is 1. The van der Waals surface area contributed by atoms with E-state index in [-0.39, 0.29) is 11.5 Å². The molecular weight excluding hydrogens is 434 g/mol. The van der Waals surface area contributed by atoms with Gasteiger partial charge in [0.2, 0.25) is 0 Å². The average Bonchev–Trinajstić information content (AvgIpc) is 3.25. The number of halogens is 2. The van der Waals surface area contributed by atoms with Crippen LogP contribution in [0.4, 0.5) is 14.5 Å². The Kier molecular flexibility index (Phi) is 5.37. The number of nitrogens with one attached hydrogen (secondary N) is 1. The number of imidazole rings is 1. The minimum Gasteiger partial charge on any atom is -0.322 e. The van der Waals surface area contributed by atoms with Crippen molar-refractivity contribution in [1.82, 2.24) is 14.4 Å². The predicted molar refractivity (Wildman–Crippen MR) is 128 cm³/mol. The van der Waals surface area contributed by atoms with Crippen molar-refractivity contribution in [1.29, 1.82) is 0 Å². The van der Waals surface area contributed by atoms with Crippen LogP contribution >= 0.6 is 0 Å². The number of aromatic nitrogens is 3. The van der Waals surface area contributed by atoms with Crippen LogP contribution in [0.25, 0.3) is 28.0 Å². The maximum atomic E-state index is 14.4. The van der Waals surface area contributed by atoms with Crippen LogP contribution in [0.2, 0.25) is 0 Å². The third kappa shape index (κ3) is 3.92. The zero-order valence-electron chi connectivity index (χ0n) is 18.5. The van der Waals surface area contributed by atoms with Crippen molar-refractivity contribution in [3.63, 3.8) is 0 Å². The minimum absolute atomic E-state index is 0.193. The Morgan fingerprint density at radius 3 is 2.47 bits per heavy atom. The molecule has 0 radical (unpaired) electrons. The molecule has 5 nitrogen and oxygen atoms in total. The molecule has 0 aliphatic carbocycles. The highest BCUT2D eigenvalue weighted by molar-refractivity contribution is 6.05. The van der Waals surface area contributed by atoms with Gasteiger partial charge in [0, 0.05) is 35.3 Å². The number of hydrogen-bond acceptors (Lipinski definition) is 3. The third-order valence-corrected chi connectivity index (χ3v) is 5.69. The van der Waals surface area contributed by atoms with E-state index in [0.717, 1.165) is 22.8 Å². The Bertz CT molecular complexity index is 1540. The maximum Gasteiger partial charge on any atom is 0.257 e. The molecule has 5 rings (SSSR count). The van der Waals surface area contributed by atoms with Crippen LogP contribution in [0.15, 0.2) is 79.3 Å². The third-order valence-electron chi connectivity index (χ3n) is 5.69. The fourth-order valence-electron chi connectivity index (χ4n) is 3.88. The van der Waals surface area contributed by atoms with E-state index >= 15 is 0 Å². The van der Waals surface area contributed by atoms with Gasteiger partial charge in [-0.25, -0.2) is 13.8 Å². The van der Waals surface area contributed by atoms with Crippen molar-refractivity contribution < 1.29 is 13.6 Å². The minimum atomic E-state index is -0.690. The zero-order valence-corrected chi connectivity index (χ0v) is 18.5. The summed E-state index contributed by atoms with van der Waals surface area (Å²) in [6, 6.07) is 16.4. The summed E-state index contributed by atoms with van der Waals surface area (Å²) in [4.78, 5) is 21.8. The average molecular weight is 454 g/mol. The number of hydrogen-bond donors (Lipinski definition) is 1. The van der Waals surface area contributed by atoms with Gasteiger partial charge in [-0.05, 0) is 50.2 Å². The summed E-state index contributed by atoms with van der Waals surface area (Å²) in [5.74, 6) is -1.24. The highest BCUT2D eigenvalue weighted by Gasteiger charge is 2.17. The lowest BCUT2D eigenvalue weighted by Gasteiger charge is -2.11. The van der Waals surface area contributed by atoms with Crippen molar-refractivity contribution in [3.05, 3.63) is 108 Å². The van der Waals surface area contributed by atoms with Crippen molar-refractivity contribution in [2.45, 2.75) is 13.8 Å². The molecule has 2 aromatic carbocycles. The summed E-state index contributed by atoms with van der Waals surface area (Å²) in [7, 11) is 0. The Balaban J connectivity index is 1.55. The number of pyridine rings is 2. The largest absolute Gasteiger partial charge is 0.322 e. The second-order valence-electron chi connectivity index (χ2n) is 8.06. The second-order valence-corrected chi connectivity index (χ2v) is 8.06. The summed E-state index contributed by atoms with van der Waals surface area (Å²) in [5.41, 5.74) is 5.25. The molecule has 1 N–H and O–H groups in total. The number of rotatable bonds is 4. The number of fused-ring (bicyclic) bond motifs is 1. The molecular formula is C27H20F2N4O. The van der Waals surface area contributed by atoms with Crippen LogP contribution in [0.1, 0.15) is 21.6 Å². The van der Waals surface area contributed by atoms with E-state index in [1.165, 1.54) is 12.1 Å². The van der Waals surface area contributed by atoms with Gasteiger partial charge in [0.1, 0.15) is 17.5 Å². The molecule has 0 spiro atoms. The lowest BCUT2D eigenvalue weighted by atomic mass is 10.0. The Hall–Kier alpha value is -4.39. The fraction of sp³-hybridized carbons (Fsp3) is 0.0741. The predicted octanol–water partition coefficient (Wildman–Crippen LogP) is 6.21. The number of carbonyl (C=O) groups is 1. The van der Waals surface area contributed by atoms with E-state index in [1.807, 2.05) is 37.3 Å². The maximum absolute atomic E-state index is 14.4. The smallest absolute Gasteiger partial charge is 0.257 e. The molecule has 34 heavy (non-hydrogen) atoms. The monoisotopic (exact) mass is 454 g/mol. The first-order valence-corrected chi connectivity index (χ1v) is 10.7. The number of benzene rings is 2. The first-order valence-electron chi connectivity index (χ1n) is 10.7. The van der Waals surface area contributed by atoms with E-state index in [9.17, 15) is 13.6 Å². The molecule has 0 aliphatic heterocycles. The van der Waals surface area contributed by atoms with Crippen LogP contribution in [0, 0.1) is 25.5 Å². The highest BCUT2D eigenvalue weighted by Crippen LogP contribution is 2.30. The van der Waals surface area contributed by atoms with Gasteiger partial charge in [0.05, 0.1) is 28.5 Å². The molecule has 0 saturated heterocycles. The van der Waals surface area contributed by atoms with Crippen molar-refractivity contribution in [2.24, 2.45) is 0 Å². The van der Waals surface area contributed by atoms with E-state index in [2.05, 4.69) is 15.3 Å². The Morgan fingerprint density at radius 2 is 1.71 bits per heavy atom. The molecule has 3 heterocycles. The van der Waals surface area contributed by atoms with E-state index in [4.69, 9.17) is 0 Å². The van der Waals surface area contributed by atoms with Crippen LogP contribution in [0.5, 0.6) is 0 Å². The van der Waals surface area contributed by atoms with E-state index in [1.54, 1.807) is 42.0 Å². The molecule has 0 bridgehead atoms. The number of aryl methyl sites for hydroxylation is 2. The standard InChI is InChI=1S/C27H20F2N4O/c1-16-5-8-20(9-6-16)32-27(34)23-12-18(14-30-17(23)2)21-4-3-11-33-25(21)15-31-26(33)22-10-7-19(28)13-24(22)29/h3-15H,1-2H3,(H,32,34). The summed E-state index contributed by atoms with van der Waals surface area (Å²) in [6.45, 7) is 3.76. The highest BCUT2D eigenvalue weighted by atomic mass is 19.1. The van der Waals surface area contributed by atoms with Gasteiger partial charge in [-0.3, -0.25) is 14.2 Å². The lowest BCUT2D eigenvalue weighted by molar-refractivity contribution is 0.102. The van der Waals surface area contributed by atoms with Crippen molar-refractivity contribution >= 4 is 17.1 Å². The quantitative estimate of drug-likeness (QED) is 0.351. The van der Waals surface area contributed by atoms with Crippen molar-refractivity contribution in [2.75, 3.05) is 5.32 Å². The van der Waals surface area contributed by atoms with Crippen LogP contribution in [-0.2, 0) is 0 Å². The first-order chi connectivity index (χ1) is 16.4. The van der Waals surface area contributed by atoms with E-state index < -0.39 is 11.6 Å². The van der Waals surface area contributed by atoms with Crippen LogP contribution < -0.4 is 5.32 Å². The number of carbonyl (C=O) groups excluding carboxylic acids is 1. The molecule has 3 aromatic heterocycles. The molecule has 0 atom stereocenters. The number of nitrogens with zero attached hydrogens (tertiary/aromatic N) is 3. The zero-order chi connectivity index (χ0) is 23.8. The first kappa shape index (κ1) is 21.5. The van der Waals surface area contributed by atoms with Gasteiger partial charge in [-0.15, -0.1) is 0 Å². The molecule has 1 amide bonds. The molecule has 7 heteroatoms. The Labute approximate surface area is 194 Å². The van der Waals surface area contributed by atoms with Crippen molar-refractivity contribution in [3.8, 4) is 22.5 Å². The SMILES string of the molecule is Cc1ccc(NC(=O)c2cc(-c3cccn4c(-c5ccc(F)cc5F)ncc34)cnc2C)cc1. The van der Waals surface area contributed by atoms with Gasteiger partial charge >= 0.3 is 0 Å². The second kappa shape index (κ2) is 8.51. The van der Waals surface area contributed by atoms with Gasteiger partial charge in [0.15, 0.2) is 0 Å². The van der Waals surface area contributed by atoms with Gasteiger partial charge in [-0.1, -0.05) is 23.8 Å². The molecule has 0 aliphatic rings. The summed E-state index contributed by atoms with van der Waals surface area (Å²) < 4.78 is 29.5. The van der Waals surface area contributed by atoms with Crippen LogP contribution in [0.3, 0.4) is 0 Å². The summed E-state index contributed by atoms with van der Waals surface area (Å²) >= 11 is 0. The molecule has 168 valence electrons. The van der Waals surface area contributed by atoms with E-state index in [0.29, 0.717) is 28.3 Å². The Morgan fingerprint density at radius 1 is 0.912 bits per heavy atom. The summed E-state index contributed by atoms with van der Waals surface area (Å²) in [5, 5.41) is 2.91. The van der Waals surface area contributed by atoms with Gasteiger partial charge in [0.25, 0.3) is 5.91 Å². The van der Waals surface area contributed by atoms with Gasteiger partial charge in [-0.2, -0.15) is 0 Å². The topological polar surface area (TPSA) is 59.3 Å². The molecule has 0 saturated carbocycles. The molecule has 5 aromatic rings. The normalized spacial score (nSPS) is 11.1. The lowest BCUT2D eigenvalue weighted by Crippen LogP contribution is -2.14. The molecule has 0 unspecified atom stereocenters. The fourth-order valence-corrected chi connectivity index (χ4v) is 3.88. The summed E-state index contributed by atoms with van der Waals surface area (Å²) in [6.07, 6.45) is 5.08.